The van der Waals surface area contributed by atoms with Gasteiger partial charge < -0.3 is 4.90 Å². The Morgan fingerprint density at radius 1 is 1.47 bits per heavy atom. The van der Waals surface area contributed by atoms with Crippen LogP contribution in [-0.2, 0) is 0 Å². The minimum Gasteiger partial charge on any atom is -0.363 e. The monoisotopic (exact) mass is 266 g/mol. The molecule has 1 fully saturated rings. The molecule has 0 heterocycles. The SMILES string of the molecule is CC(C)CCN(c1cccc(F)c1[N+](=O)[O-])C1CC1. The summed E-state index contributed by atoms with van der Waals surface area (Å²) in [7, 11) is 0. The van der Waals surface area contributed by atoms with E-state index in [1.165, 1.54) is 0 Å². The Bertz CT molecular complexity index is 473. The molecule has 0 aromatic heterocycles. The van der Waals surface area contributed by atoms with Crippen LogP contribution in [0, 0.1) is 21.8 Å². The van der Waals surface area contributed by atoms with Crippen molar-refractivity contribution in [1.82, 2.24) is 0 Å². The molecule has 1 saturated carbocycles. The van der Waals surface area contributed by atoms with Crippen LogP contribution in [-0.4, -0.2) is 17.5 Å². The van der Waals surface area contributed by atoms with E-state index in [-0.39, 0.29) is 0 Å². The summed E-state index contributed by atoms with van der Waals surface area (Å²) in [5, 5.41) is 11.1. The largest absolute Gasteiger partial charge is 0.363 e. The summed E-state index contributed by atoms with van der Waals surface area (Å²) < 4.78 is 13.7. The molecule has 0 aliphatic heterocycles. The molecule has 0 N–H and O–H groups in total. The number of halogens is 1. The van der Waals surface area contributed by atoms with Gasteiger partial charge in [-0.2, -0.15) is 4.39 Å². The summed E-state index contributed by atoms with van der Waals surface area (Å²) in [4.78, 5) is 12.5. The summed E-state index contributed by atoms with van der Waals surface area (Å²) in [6, 6.07) is 4.68. The fourth-order valence-corrected chi connectivity index (χ4v) is 2.20. The van der Waals surface area contributed by atoms with Crippen molar-refractivity contribution in [2.24, 2.45) is 5.92 Å². The zero-order valence-electron chi connectivity index (χ0n) is 11.3. The van der Waals surface area contributed by atoms with Gasteiger partial charge in [0.1, 0.15) is 5.69 Å². The molecule has 1 aromatic rings. The van der Waals surface area contributed by atoms with Crippen molar-refractivity contribution in [3.05, 3.63) is 34.1 Å². The van der Waals surface area contributed by atoms with Gasteiger partial charge in [0.2, 0.25) is 5.82 Å². The van der Waals surface area contributed by atoms with Gasteiger partial charge in [0, 0.05) is 12.6 Å². The standard InChI is InChI=1S/C14H19FN2O2/c1-10(2)8-9-16(11-6-7-11)13-5-3-4-12(15)14(13)17(18)19/h3-5,10-11H,6-9H2,1-2H3. The molecule has 2 rings (SSSR count). The van der Waals surface area contributed by atoms with E-state index in [0.29, 0.717) is 17.6 Å². The van der Waals surface area contributed by atoms with Crippen LogP contribution in [0.25, 0.3) is 0 Å². The van der Waals surface area contributed by atoms with Gasteiger partial charge in [0.25, 0.3) is 0 Å². The van der Waals surface area contributed by atoms with E-state index in [1.54, 1.807) is 12.1 Å². The predicted molar refractivity (Wildman–Crippen MR) is 72.9 cm³/mol. The Morgan fingerprint density at radius 2 is 2.16 bits per heavy atom. The van der Waals surface area contributed by atoms with E-state index in [4.69, 9.17) is 0 Å². The summed E-state index contributed by atoms with van der Waals surface area (Å²) >= 11 is 0. The van der Waals surface area contributed by atoms with Gasteiger partial charge in [0.15, 0.2) is 0 Å². The lowest BCUT2D eigenvalue weighted by Gasteiger charge is -2.25. The Hall–Kier alpha value is -1.65. The zero-order valence-corrected chi connectivity index (χ0v) is 11.3. The smallest absolute Gasteiger partial charge is 0.327 e. The third kappa shape index (κ3) is 3.22. The second-order valence-electron chi connectivity index (χ2n) is 5.47. The molecule has 0 saturated heterocycles. The van der Waals surface area contributed by atoms with Crippen LogP contribution in [0.4, 0.5) is 15.8 Å². The molecule has 0 bridgehead atoms. The maximum absolute atomic E-state index is 13.7. The predicted octanol–water partition coefficient (Wildman–Crippen LogP) is 3.75. The van der Waals surface area contributed by atoms with Gasteiger partial charge in [-0.3, -0.25) is 10.1 Å². The van der Waals surface area contributed by atoms with Gasteiger partial charge in [-0.15, -0.1) is 0 Å². The van der Waals surface area contributed by atoms with E-state index in [1.807, 2.05) is 4.90 Å². The molecule has 5 heteroatoms. The molecule has 4 nitrogen and oxygen atoms in total. The third-order valence-corrected chi connectivity index (χ3v) is 3.39. The highest BCUT2D eigenvalue weighted by Gasteiger charge is 2.34. The number of nitrogens with zero attached hydrogens (tertiary/aromatic N) is 2. The van der Waals surface area contributed by atoms with Gasteiger partial charge in [-0.05, 0) is 37.3 Å². The fourth-order valence-electron chi connectivity index (χ4n) is 2.20. The Kier molecular flexibility index (Phi) is 4.02. The Balaban J connectivity index is 2.31. The first-order chi connectivity index (χ1) is 9.00. The lowest BCUT2D eigenvalue weighted by Crippen LogP contribution is -2.28. The highest BCUT2D eigenvalue weighted by Crippen LogP contribution is 2.38. The molecule has 0 radical (unpaired) electrons. The molecule has 0 amide bonds. The number of hydrogen-bond acceptors (Lipinski definition) is 3. The molecule has 19 heavy (non-hydrogen) atoms. The van der Waals surface area contributed by atoms with E-state index < -0.39 is 16.4 Å². The summed E-state index contributed by atoms with van der Waals surface area (Å²) in [6.07, 6.45) is 3.02. The molecule has 1 aliphatic carbocycles. The molecule has 0 spiro atoms. The lowest BCUT2D eigenvalue weighted by atomic mass is 10.1. The Morgan fingerprint density at radius 3 is 2.68 bits per heavy atom. The van der Waals surface area contributed by atoms with Crippen molar-refractivity contribution in [3.8, 4) is 0 Å². The number of nitro benzene ring substituents is 1. The van der Waals surface area contributed by atoms with Gasteiger partial charge >= 0.3 is 5.69 Å². The molecule has 1 aliphatic rings. The highest BCUT2D eigenvalue weighted by molar-refractivity contribution is 5.65. The minimum absolute atomic E-state index is 0.333. The van der Waals surface area contributed by atoms with Crippen molar-refractivity contribution >= 4 is 11.4 Å². The van der Waals surface area contributed by atoms with E-state index in [9.17, 15) is 14.5 Å². The number of benzene rings is 1. The third-order valence-electron chi connectivity index (χ3n) is 3.39. The van der Waals surface area contributed by atoms with Crippen LogP contribution in [0.2, 0.25) is 0 Å². The van der Waals surface area contributed by atoms with Crippen molar-refractivity contribution in [3.63, 3.8) is 0 Å². The average Bonchev–Trinajstić information content (AvgIpc) is 3.12. The number of hydrogen-bond donors (Lipinski definition) is 0. The number of para-hydroxylation sites is 1. The van der Waals surface area contributed by atoms with E-state index in [0.717, 1.165) is 31.9 Å². The van der Waals surface area contributed by atoms with Crippen molar-refractivity contribution in [1.29, 1.82) is 0 Å². The Labute approximate surface area is 112 Å². The number of rotatable bonds is 6. The van der Waals surface area contributed by atoms with Crippen LogP contribution in [0.15, 0.2) is 18.2 Å². The minimum atomic E-state index is -0.752. The zero-order chi connectivity index (χ0) is 14.0. The van der Waals surface area contributed by atoms with E-state index >= 15 is 0 Å². The van der Waals surface area contributed by atoms with Gasteiger partial charge in [-0.25, -0.2) is 0 Å². The molecule has 0 atom stereocenters. The lowest BCUT2D eigenvalue weighted by molar-refractivity contribution is -0.386. The van der Waals surface area contributed by atoms with Crippen molar-refractivity contribution in [2.45, 2.75) is 39.2 Å². The molecule has 1 aromatic carbocycles. The van der Waals surface area contributed by atoms with Gasteiger partial charge in [0.05, 0.1) is 4.92 Å². The summed E-state index contributed by atoms with van der Waals surface area (Å²) in [5.74, 6) is -0.230. The van der Waals surface area contributed by atoms with Crippen molar-refractivity contribution < 1.29 is 9.31 Å². The second kappa shape index (κ2) is 5.55. The van der Waals surface area contributed by atoms with Crippen molar-refractivity contribution in [2.75, 3.05) is 11.4 Å². The molecule has 104 valence electrons. The number of anilines is 1. The first-order valence-electron chi connectivity index (χ1n) is 6.70. The molecule has 0 unspecified atom stereocenters. The molecular weight excluding hydrogens is 247 g/mol. The first kappa shape index (κ1) is 13.8. The summed E-state index contributed by atoms with van der Waals surface area (Å²) in [6.45, 7) is 4.97. The maximum atomic E-state index is 13.7. The van der Waals surface area contributed by atoms with E-state index in [2.05, 4.69) is 13.8 Å². The quantitative estimate of drug-likeness (QED) is 0.582. The van der Waals surface area contributed by atoms with Crippen LogP contribution < -0.4 is 4.90 Å². The van der Waals surface area contributed by atoms with Crippen LogP contribution in [0.1, 0.15) is 33.1 Å². The van der Waals surface area contributed by atoms with Crippen LogP contribution in [0.3, 0.4) is 0 Å². The maximum Gasteiger partial charge on any atom is 0.327 e. The summed E-state index contributed by atoms with van der Waals surface area (Å²) in [5.41, 5.74) is 0.0336. The first-order valence-corrected chi connectivity index (χ1v) is 6.70. The highest BCUT2D eigenvalue weighted by atomic mass is 19.1. The molecular formula is C14H19FN2O2. The van der Waals surface area contributed by atoms with Crippen LogP contribution >= 0.6 is 0 Å². The van der Waals surface area contributed by atoms with Gasteiger partial charge in [-0.1, -0.05) is 19.9 Å². The normalized spacial score (nSPS) is 14.7. The topological polar surface area (TPSA) is 46.4 Å². The second-order valence-corrected chi connectivity index (χ2v) is 5.47. The number of nitro groups is 1. The fraction of sp³-hybridized carbons (Fsp3) is 0.571. The average molecular weight is 266 g/mol. The van der Waals surface area contributed by atoms with Crippen LogP contribution in [0.5, 0.6) is 0 Å².